The largest absolute Gasteiger partial charge is 0.359 e. The average molecular weight is 521 g/mol. The first kappa shape index (κ1) is 22.0. The molecule has 0 aliphatic carbocycles. The van der Waals surface area contributed by atoms with Gasteiger partial charge in [0.2, 0.25) is 0 Å². The molecule has 0 atom stereocenters. The van der Waals surface area contributed by atoms with Crippen LogP contribution in [0.5, 0.6) is 0 Å². The van der Waals surface area contributed by atoms with Gasteiger partial charge in [-0.25, -0.2) is 0 Å². The molecule has 5 nitrogen and oxygen atoms in total. The minimum absolute atomic E-state index is 0. The summed E-state index contributed by atoms with van der Waals surface area (Å²) in [5, 5.41) is 10.6. The van der Waals surface area contributed by atoms with Crippen LogP contribution in [0.25, 0.3) is 0 Å². The van der Waals surface area contributed by atoms with Gasteiger partial charge in [-0.15, -0.1) is 24.0 Å². The number of nitrogens with zero attached hydrogens (tertiary/aromatic N) is 2. The summed E-state index contributed by atoms with van der Waals surface area (Å²) < 4.78 is 6.44. The molecule has 0 fully saturated rings. The van der Waals surface area contributed by atoms with Gasteiger partial charge in [-0.1, -0.05) is 47.1 Å². The summed E-state index contributed by atoms with van der Waals surface area (Å²) in [6.45, 7) is 5.63. The van der Waals surface area contributed by atoms with Crippen LogP contribution >= 0.6 is 39.9 Å². The fraction of sp³-hybridized carbons (Fsp3) is 0.444. The number of hydrogen-bond acceptors (Lipinski definition) is 3. The van der Waals surface area contributed by atoms with Crippen molar-refractivity contribution in [3.63, 3.8) is 0 Å². The Labute approximate surface area is 175 Å². The predicted octanol–water partition coefficient (Wildman–Crippen LogP) is 4.48. The topological polar surface area (TPSA) is 62.5 Å². The Morgan fingerprint density at radius 1 is 1.28 bits per heavy atom. The lowest BCUT2D eigenvalue weighted by Gasteiger charge is -2.10. The van der Waals surface area contributed by atoms with Gasteiger partial charge >= 0.3 is 0 Å². The van der Waals surface area contributed by atoms with Crippen LogP contribution in [0.1, 0.15) is 43.2 Å². The zero-order chi connectivity index (χ0) is 17.4. The van der Waals surface area contributed by atoms with Gasteiger partial charge in [0, 0.05) is 24.1 Å². The fourth-order valence-corrected chi connectivity index (χ4v) is 2.71. The number of nitrogens with one attached hydrogen (secondary N) is 2. The monoisotopic (exact) mass is 520 g/mol. The van der Waals surface area contributed by atoms with Crippen molar-refractivity contribution in [1.82, 2.24) is 15.8 Å². The van der Waals surface area contributed by atoms with E-state index in [1.807, 2.05) is 12.1 Å². The van der Waals surface area contributed by atoms with Crippen LogP contribution in [0.4, 0.5) is 0 Å². The average Bonchev–Trinajstić information content (AvgIpc) is 3.03. The second-order valence-corrected chi connectivity index (χ2v) is 6.87. The molecule has 0 amide bonds. The first-order valence-electron chi connectivity index (χ1n) is 8.23. The van der Waals surface area contributed by atoms with E-state index in [0.717, 1.165) is 41.3 Å². The smallest absolute Gasteiger partial charge is 0.191 e. The molecular weight excluding hydrogens is 495 g/mol. The molecule has 138 valence electrons. The zero-order valence-electron chi connectivity index (χ0n) is 14.9. The minimum atomic E-state index is 0. The van der Waals surface area contributed by atoms with Crippen LogP contribution < -0.4 is 10.6 Å². The van der Waals surface area contributed by atoms with Crippen molar-refractivity contribution in [2.75, 3.05) is 13.6 Å². The first-order valence-corrected chi connectivity index (χ1v) is 9.02. The molecule has 0 spiro atoms. The van der Waals surface area contributed by atoms with Gasteiger partial charge in [0.15, 0.2) is 11.7 Å². The van der Waals surface area contributed by atoms with E-state index in [0.29, 0.717) is 12.5 Å². The van der Waals surface area contributed by atoms with Gasteiger partial charge in [-0.3, -0.25) is 4.99 Å². The highest BCUT2D eigenvalue weighted by Crippen LogP contribution is 2.14. The van der Waals surface area contributed by atoms with Crippen molar-refractivity contribution in [3.05, 3.63) is 51.8 Å². The molecule has 1 heterocycles. The minimum Gasteiger partial charge on any atom is -0.359 e. The molecule has 0 bridgehead atoms. The number of aliphatic imine (C=N–C) groups is 1. The van der Waals surface area contributed by atoms with Crippen LogP contribution in [-0.2, 0) is 13.0 Å². The van der Waals surface area contributed by atoms with Crippen molar-refractivity contribution in [2.24, 2.45) is 4.99 Å². The summed E-state index contributed by atoms with van der Waals surface area (Å²) in [7, 11) is 1.77. The lowest BCUT2D eigenvalue weighted by molar-refractivity contribution is 0.372. The molecule has 0 radical (unpaired) electrons. The maximum absolute atomic E-state index is 5.32. The zero-order valence-corrected chi connectivity index (χ0v) is 18.8. The van der Waals surface area contributed by atoms with E-state index >= 15 is 0 Å². The Hall–Kier alpha value is -1.09. The highest BCUT2D eigenvalue weighted by Gasteiger charge is 2.08. The molecule has 0 saturated carbocycles. The van der Waals surface area contributed by atoms with Crippen LogP contribution in [0.15, 0.2) is 44.3 Å². The van der Waals surface area contributed by atoms with E-state index < -0.39 is 0 Å². The fourth-order valence-electron chi connectivity index (χ4n) is 2.27. The van der Waals surface area contributed by atoms with Gasteiger partial charge in [-0.2, -0.15) is 0 Å². The van der Waals surface area contributed by atoms with Crippen LogP contribution in [0, 0.1) is 0 Å². The Balaban J connectivity index is 0.00000312. The Kier molecular flexibility index (Phi) is 10.1. The van der Waals surface area contributed by atoms with Crippen LogP contribution in [0.2, 0.25) is 0 Å². The van der Waals surface area contributed by atoms with Crippen molar-refractivity contribution < 1.29 is 4.52 Å². The molecule has 2 rings (SSSR count). The summed E-state index contributed by atoms with van der Waals surface area (Å²) in [6, 6.07) is 10.4. The number of benzene rings is 1. The lowest BCUT2D eigenvalue weighted by atomic mass is 10.1. The number of halogens is 2. The number of aryl methyl sites for hydroxylation is 1. The van der Waals surface area contributed by atoms with Crippen molar-refractivity contribution in [3.8, 4) is 0 Å². The molecule has 0 aliphatic heterocycles. The number of hydrogen-bond donors (Lipinski definition) is 2. The maximum atomic E-state index is 5.32. The van der Waals surface area contributed by atoms with E-state index in [4.69, 9.17) is 4.52 Å². The number of aromatic nitrogens is 1. The second kappa shape index (κ2) is 11.5. The Morgan fingerprint density at radius 2 is 2.08 bits per heavy atom. The van der Waals surface area contributed by atoms with E-state index in [1.54, 1.807) is 7.05 Å². The van der Waals surface area contributed by atoms with Crippen molar-refractivity contribution in [2.45, 2.75) is 39.2 Å². The van der Waals surface area contributed by atoms with Crippen LogP contribution in [0.3, 0.4) is 0 Å². The summed E-state index contributed by atoms with van der Waals surface area (Å²) in [4.78, 5) is 4.23. The predicted molar refractivity (Wildman–Crippen MR) is 117 cm³/mol. The van der Waals surface area contributed by atoms with Gasteiger partial charge in [-0.05, 0) is 36.5 Å². The van der Waals surface area contributed by atoms with Gasteiger partial charge in [0.1, 0.15) is 0 Å². The maximum Gasteiger partial charge on any atom is 0.191 e. The quantitative estimate of drug-likeness (QED) is 0.244. The molecule has 1 aromatic carbocycles. The van der Waals surface area contributed by atoms with Crippen molar-refractivity contribution >= 4 is 45.9 Å². The molecule has 25 heavy (non-hydrogen) atoms. The second-order valence-electron chi connectivity index (χ2n) is 5.96. The number of rotatable bonds is 7. The lowest BCUT2D eigenvalue weighted by Crippen LogP contribution is -2.37. The molecule has 7 heteroatoms. The summed E-state index contributed by atoms with van der Waals surface area (Å²) in [5.41, 5.74) is 2.31. The van der Waals surface area contributed by atoms with E-state index in [1.165, 1.54) is 5.56 Å². The Morgan fingerprint density at radius 3 is 2.72 bits per heavy atom. The molecule has 0 unspecified atom stereocenters. The highest BCUT2D eigenvalue weighted by atomic mass is 127. The summed E-state index contributed by atoms with van der Waals surface area (Å²) in [5.74, 6) is 1.96. The van der Waals surface area contributed by atoms with Gasteiger partial charge in [0.25, 0.3) is 0 Å². The SMILES string of the molecule is CN=C(NCCCc1cccc(Br)c1)NCc1cc(C(C)C)no1.I. The van der Waals surface area contributed by atoms with Crippen LogP contribution in [-0.4, -0.2) is 24.7 Å². The molecule has 2 N–H and O–H groups in total. The third kappa shape index (κ3) is 7.77. The molecule has 1 aromatic heterocycles. The molecule has 2 aromatic rings. The third-order valence-electron chi connectivity index (χ3n) is 3.65. The van der Waals surface area contributed by atoms with Gasteiger partial charge in [0.05, 0.1) is 12.2 Å². The normalized spacial score (nSPS) is 11.3. The third-order valence-corrected chi connectivity index (χ3v) is 4.14. The first-order chi connectivity index (χ1) is 11.6. The molecule has 0 aliphatic rings. The highest BCUT2D eigenvalue weighted by molar-refractivity contribution is 14.0. The van der Waals surface area contributed by atoms with E-state index in [9.17, 15) is 0 Å². The van der Waals surface area contributed by atoms with E-state index in [2.05, 4.69) is 68.8 Å². The Bertz CT molecular complexity index is 673. The summed E-state index contributed by atoms with van der Waals surface area (Å²) >= 11 is 3.50. The van der Waals surface area contributed by atoms with Gasteiger partial charge < -0.3 is 15.2 Å². The molecular formula is C18H26BrIN4O. The standard InChI is InChI=1S/C18H25BrN4O.HI/c1-13(2)17-11-16(24-23-17)12-22-18(20-3)21-9-5-7-14-6-4-8-15(19)10-14;/h4,6,8,10-11,13H,5,7,9,12H2,1-3H3,(H2,20,21,22);1H. The van der Waals surface area contributed by atoms with Crippen molar-refractivity contribution in [1.29, 1.82) is 0 Å². The molecule has 0 saturated heterocycles. The van der Waals surface area contributed by atoms with E-state index in [-0.39, 0.29) is 24.0 Å². The number of guanidine groups is 1. The summed E-state index contributed by atoms with van der Waals surface area (Å²) in [6.07, 6.45) is 2.07.